The Bertz CT molecular complexity index is 1350. The van der Waals surface area contributed by atoms with Gasteiger partial charge in [-0.2, -0.15) is 0 Å². The van der Waals surface area contributed by atoms with Gasteiger partial charge in [0.1, 0.15) is 11.8 Å². The Labute approximate surface area is 234 Å². The summed E-state index contributed by atoms with van der Waals surface area (Å²) >= 11 is 0. The predicted octanol–water partition coefficient (Wildman–Crippen LogP) is 3.09. The molecule has 1 heterocycles. The molecule has 0 aromatic heterocycles. The Kier molecular flexibility index (Phi) is 9.35. The second kappa shape index (κ2) is 13.1. The third kappa shape index (κ3) is 6.40. The van der Waals surface area contributed by atoms with Gasteiger partial charge in [0.2, 0.25) is 5.91 Å². The first-order chi connectivity index (χ1) is 19.3. The third-order valence-electron chi connectivity index (χ3n) is 7.40. The summed E-state index contributed by atoms with van der Waals surface area (Å²) in [4.78, 5) is 41.8. The van der Waals surface area contributed by atoms with Crippen LogP contribution in [0, 0.1) is 6.92 Å². The number of benzene rings is 3. The molecule has 1 aliphatic heterocycles. The van der Waals surface area contributed by atoms with Crippen LogP contribution in [-0.4, -0.2) is 64.1 Å². The normalized spacial score (nSPS) is 18.0. The Morgan fingerprint density at radius 3 is 2.38 bits per heavy atom. The third-order valence-corrected chi connectivity index (χ3v) is 7.40. The van der Waals surface area contributed by atoms with E-state index >= 15 is 0 Å². The molecule has 0 spiro atoms. The van der Waals surface area contributed by atoms with E-state index in [-0.39, 0.29) is 42.6 Å². The molecule has 0 bridgehead atoms. The van der Waals surface area contributed by atoms with Crippen LogP contribution < -0.4 is 10.6 Å². The first-order valence-corrected chi connectivity index (χ1v) is 13.4. The van der Waals surface area contributed by atoms with E-state index in [0.29, 0.717) is 12.0 Å². The summed E-state index contributed by atoms with van der Waals surface area (Å²) in [5.41, 5.74) is 2.38. The fourth-order valence-electron chi connectivity index (χ4n) is 5.26. The first kappa shape index (κ1) is 28.6. The molecule has 3 aromatic rings. The fraction of sp³-hybridized carbons (Fsp3) is 0.281. The molecule has 4 atom stereocenters. The van der Waals surface area contributed by atoms with Gasteiger partial charge in [-0.15, -0.1) is 6.58 Å². The van der Waals surface area contributed by atoms with Gasteiger partial charge in [-0.1, -0.05) is 72.8 Å². The highest BCUT2D eigenvalue weighted by atomic mass is 16.3. The molecule has 3 amide bonds. The Hall–Kier alpha value is -4.43. The van der Waals surface area contributed by atoms with E-state index in [0.717, 1.165) is 11.1 Å². The van der Waals surface area contributed by atoms with Gasteiger partial charge in [-0.05, 0) is 43.0 Å². The van der Waals surface area contributed by atoms with Crippen molar-refractivity contribution in [1.82, 2.24) is 15.5 Å². The SMILES string of the molecule is C=CCNC(=O)[C@@H]1[C@@H](c2ccccc2)CCN1C(=O)[C@@H](O)[C@H](Cc1ccccc1)NC(=O)c1cccc(O)c1C. The van der Waals surface area contributed by atoms with Crippen LogP contribution in [-0.2, 0) is 16.0 Å². The van der Waals surface area contributed by atoms with Gasteiger partial charge >= 0.3 is 0 Å². The summed E-state index contributed by atoms with van der Waals surface area (Å²) in [7, 11) is 0. The van der Waals surface area contributed by atoms with E-state index in [2.05, 4.69) is 17.2 Å². The highest BCUT2D eigenvalue weighted by Gasteiger charge is 2.45. The van der Waals surface area contributed by atoms with E-state index in [1.165, 1.54) is 11.0 Å². The smallest absolute Gasteiger partial charge is 0.254 e. The largest absolute Gasteiger partial charge is 0.508 e. The summed E-state index contributed by atoms with van der Waals surface area (Å²) in [6.45, 7) is 5.80. The average Bonchev–Trinajstić information content (AvgIpc) is 3.42. The molecule has 1 aliphatic rings. The van der Waals surface area contributed by atoms with Gasteiger partial charge in [-0.3, -0.25) is 14.4 Å². The molecular formula is C32H35N3O5. The maximum atomic E-state index is 13.9. The standard InChI is InChI=1S/C32H35N3O5/c1-3-18-33-31(39)28-25(23-13-8-5-9-14-23)17-19-35(28)32(40)29(37)26(20-22-11-6-4-7-12-22)34-30(38)24-15-10-16-27(36)21(24)2/h3-16,25-26,28-29,36-37H,1,17-20H2,2H3,(H,33,39)(H,34,38)/t25-,26+,28+,29+/m1/s1. The van der Waals surface area contributed by atoms with Crippen molar-refractivity contribution in [3.8, 4) is 5.75 Å². The number of aliphatic hydroxyl groups is 1. The maximum absolute atomic E-state index is 13.9. The Morgan fingerprint density at radius 1 is 1.02 bits per heavy atom. The number of phenolic OH excluding ortho intramolecular Hbond substituents is 1. The number of rotatable bonds is 10. The number of aromatic hydroxyl groups is 1. The number of carbonyl (C=O) groups excluding carboxylic acids is 3. The number of phenols is 1. The molecule has 0 aliphatic carbocycles. The topological polar surface area (TPSA) is 119 Å². The zero-order chi connectivity index (χ0) is 28.6. The number of likely N-dealkylation sites (tertiary alicyclic amines) is 1. The Morgan fingerprint density at radius 2 is 1.70 bits per heavy atom. The monoisotopic (exact) mass is 541 g/mol. The number of carbonyl (C=O) groups is 3. The number of nitrogens with one attached hydrogen (secondary N) is 2. The summed E-state index contributed by atoms with van der Waals surface area (Å²) in [5.74, 6) is -1.76. The van der Waals surface area contributed by atoms with Crippen molar-refractivity contribution < 1.29 is 24.6 Å². The van der Waals surface area contributed by atoms with Gasteiger partial charge in [0.25, 0.3) is 11.8 Å². The van der Waals surface area contributed by atoms with E-state index in [1.54, 1.807) is 25.1 Å². The fourth-order valence-corrected chi connectivity index (χ4v) is 5.26. The van der Waals surface area contributed by atoms with Gasteiger partial charge < -0.3 is 25.7 Å². The van der Waals surface area contributed by atoms with Gasteiger partial charge in [0.05, 0.1) is 6.04 Å². The molecule has 0 saturated carbocycles. The van der Waals surface area contributed by atoms with Crippen LogP contribution in [0.25, 0.3) is 0 Å². The second-order valence-corrected chi connectivity index (χ2v) is 9.98. The minimum absolute atomic E-state index is 0.0266. The zero-order valence-electron chi connectivity index (χ0n) is 22.5. The minimum atomic E-state index is -1.62. The molecule has 1 fully saturated rings. The molecule has 0 radical (unpaired) electrons. The van der Waals surface area contributed by atoms with Gasteiger partial charge in [0.15, 0.2) is 6.10 Å². The minimum Gasteiger partial charge on any atom is -0.508 e. The molecule has 8 heteroatoms. The molecule has 1 saturated heterocycles. The number of nitrogens with zero attached hydrogens (tertiary/aromatic N) is 1. The molecule has 4 rings (SSSR count). The van der Waals surface area contributed by atoms with Crippen molar-refractivity contribution in [2.75, 3.05) is 13.1 Å². The van der Waals surface area contributed by atoms with E-state index in [9.17, 15) is 24.6 Å². The lowest BCUT2D eigenvalue weighted by Gasteiger charge is -2.32. The molecule has 208 valence electrons. The van der Waals surface area contributed by atoms with Gasteiger partial charge in [0, 0.05) is 30.1 Å². The van der Waals surface area contributed by atoms with Gasteiger partial charge in [-0.25, -0.2) is 0 Å². The highest BCUT2D eigenvalue weighted by molar-refractivity contribution is 5.97. The molecule has 0 unspecified atom stereocenters. The lowest BCUT2D eigenvalue weighted by atomic mass is 9.91. The second-order valence-electron chi connectivity index (χ2n) is 9.98. The van der Waals surface area contributed by atoms with E-state index < -0.39 is 30.0 Å². The summed E-state index contributed by atoms with van der Waals surface area (Å²) < 4.78 is 0. The molecule has 8 nitrogen and oxygen atoms in total. The van der Waals surface area contributed by atoms with Crippen LogP contribution in [0.3, 0.4) is 0 Å². The van der Waals surface area contributed by atoms with Crippen LogP contribution in [0.4, 0.5) is 0 Å². The number of hydrogen-bond acceptors (Lipinski definition) is 5. The van der Waals surface area contributed by atoms with Crippen molar-refractivity contribution in [2.24, 2.45) is 0 Å². The summed E-state index contributed by atoms with van der Waals surface area (Å²) in [6, 6.07) is 21.6. The number of aliphatic hydroxyl groups excluding tert-OH is 1. The van der Waals surface area contributed by atoms with Crippen LogP contribution in [0.1, 0.15) is 39.4 Å². The predicted molar refractivity (Wildman–Crippen MR) is 153 cm³/mol. The first-order valence-electron chi connectivity index (χ1n) is 13.4. The van der Waals surface area contributed by atoms with E-state index in [4.69, 9.17) is 0 Å². The van der Waals surface area contributed by atoms with Crippen molar-refractivity contribution in [1.29, 1.82) is 0 Å². The lowest BCUT2D eigenvalue weighted by Crippen LogP contribution is -2.56. The average molecular weight is 542 g/mol. The van der Waals surface area contributed by atoms with E-state index in [1.807, 2.05) is 60.7 Å². The summed E-state index contributed by atoms with van der Waals surface area (Å²) in [5, 5.41) is 27.2. The van der Waals surface area contributed by atoms with Crippen molar-refractivity contribution >= 4 is 17.7 Å². The molecular weight excluding hydrogens is 506 g/mol. The molecule has 3 aromatic carbocycles. The number of amides is 3. The van der Waals surface area contributed by atoms with Crippen molar-refractivity contribution in [3.63, 3.8) is 0 Å². The quantitative estimate of drug-likeness (QED) is 0.294. The summed E-state index contributed by atoms with van der Waals surface area (Å²) in [6.07, 6.45) is 0.680. The van der Waals surface area contributed by atoms with Crippen LogP contribution in [0.5, 0.6) is 5.75 Å². The van der Waals surface area contributed by atoms with Crippen LogP contribution >= 0.6 is 0 Å². The number of hydrogen-bond donors (Lipinski definition) is 4. The van der Waals surface area contributed by atoms with Crippen molar-refractivity contribution in [3.05, 3.63) is 114 Å². The maximum Gasteiger partial charge on any atom is 0.254 e. The molecule has 4 N–H and O–H groups in total. The highest BCUT2D eigenvalue weighted by Crippen LogP contribution is 2.34. The van der Waals surface area contributed by atoms with Crippen LogP contribution in [0.15, 0.2) is 91.5 Å². The van der Waals surface area contributed by atoms with Crippen LogP contribution in [0.2, 0.25) is 0 Å². The zero-order valence-corrected chi connectivity index (χ0v) is 22.5. The lowest BCUT2D eigenvalue weighted by molar-refractivity contribution is -0.146. The Balaban J connectivity index is 1.62. The van der Waals surface area contributed by atoms with Crippen molar-refractivity contribution in [2.45, 2.75) is 43.9 Å². The molecule has 40 heavy (non-hydrogen) atoms.